The van der Waals surface area contributed by atoms with Crippen LogP contribution in [0.5, 0.6) is 0 Å². The van der Waals surface area contributed by atoms with Crippen LogP contribution in [0.1, 0.15) is 12.8 Å². The zero-order valence-electron chi connectivity index (χ0n) is 7.01. The summed E-state index contributed by atoms with van der Waals surface area (Å²) in [5.74, 6) is 0. The van der Waals surface area contributed by atoms with Gasteiger partial charge in [-0.05, 0) is 25.5 Å². The van der Waals surface area contributed by atoms with E-state index < -0.39 is 0 Å². The monoisotopic (exact) mass is 149 g/mol. The normalized spacial score (nSPS) is 17.4. The number of hydrogen-bond acceptors (Lipinski definition) is 1. The molecule has 1 heteroatoms. The van der Waals surface area contributed by atoms with Crippen LogP contribution in [0, 0.1) is 0 Å². The van der Waals surface area contributed by atoms with Gasteiger partial charge in [0.05, 0.1) is 0 Å². The van der Waals surface area contributed by atoms with Gasteiger partial charge in [0.1, 0.15) is 0 Å². The first-order valence-corrected chi connectivity index (χ1v) is 4.10. The van der Waals surface area contributed by atoms with Crippen LogP contribution in [0.4, 0.5) is 0 Å². The van der Waals surface area contributed by atoms with Crippen LogP contribution in [0.25, 0.3) is 0 Å². The second-order valence-electron chi connectivity index (χ2n) is 2.67. The third-order valence-electron chi connectivity index (χ3n) is 1.70. The minimum absolute atomic E-state index is 0.959. The Morgan fingerprint density at radius 3 is 3.18 bits per heavy atom. The van der Waals surface area contributed by atoms with Gasteiger partial charge in [-0.3, -0.25) is 0 Å². The van der Waals surface area contributed by atoms with Crippen molar-refractivity contribution in [3.63, 3.8) is 0 Å². The van der Waals surface area contributed by atoms with E-state index in [-0.39, 0.29) is 0 Å². The number of nitrogens with one attached hydrogen (secondary N) is 1. The molecule has 0 aromatic rings. The minimum atomic E-state index is 0.959. The molecular weight excluding hydrogens is 134 g/mol. The van der Waals surface area contributed by atoms with E-state index in [1.165, 1.54) is 18.4 Å². The van der Waals surface area contributed by atoms with Crippen molar-refractivity contribution < 1.29 is 0 Å². The summed E-state index contributed by atoms with van der Waals surface area (Å²) in [5, 5.41) is 3.08. The maximum Gasteiger partial charge on any atom is 0.0135 e. The lowest BCUT2D eigenvalue weighted by molar-refractivity contribution is 0.915. The lowest BCUT2D eigenvalue weighted by atomic mass is 10.1. The molecule has 0 aromatic heterocycles. The van der Waals surface area contributed by atoms with Gasteiger partial charge in [0.25, 0.3) is 0 Å². The summed E-state index contributed by atoms with van der Waals surface area (Å²) >= 11 is 0. The number of likely N-dealkylation sites (N-methyl/N-ethyl adjacent to an activating group) is 1. The van der Waals surface area contributed by atoms with Gasteiger partial charge in [-0.25, -0.2) is 0 Å². The van der Waals surface area contributed by atoms with Gasteiger partial charge >= 0.3 is 0 Å². The average Bonchev–Trinajstić information content (AvgIpc) is 2.07. The molecule has 1 rings (SSSR count). The van der Waals surface area contributed by atoms with Crippen LogP contribution < -0.4 is 5.32 Å². The van der Waals surface area contributed by atoms with Crippen molar-refractivity contribution in [3.05, 3.63) is 36.0 Å². The van der Waals surface area contributed by atoms with Gasteiger partial charge in [0.15, 0.2) is 0 Å². The van der Waals surface area contributed by atoms with Crippen LogP contribution in [0.2, 0.25) is 0 Å². The number of allylic oxidation sites excluding steroid dienone is 5. The van der Waals surface area contributed by atoms with Crippen molar-refractivity contribution in [1.29, 1.82) is 0 Å². The molecule has 60 valence electrons. The van der Waals surface area contributed by atoms with Gasteiger partial charge in [-0.2, -0.15) is 0 Å². The SMILES string of the molecule is CNC/C=C/C1=CC=CCC1. The Hall–Kier alpha value is -0.820. The number of rotatable bonds is 3. The fourth-order valence-corrected chi connectivity index (χ4v) is 1.09. The van der Waals surface area contributed by atoms with E-state index in [4.69, 9.17) is 0 Å². The van der Waals surface area contributed by atoms with Crippen LogP contribution in [-0.2, 0) is 0 Å². The van der Waals surface area contributed by atoms with Gasteiger partial charge < -0.3 is 5.32 Å². The highest BCUT2D eigenvalue weighted by Crippen LogP contribution is 2.12. The van der Waals surface area contributed by atoms with Crippen LogP contribution in [-0.4, -0.2) is 13.6 Å². The van der Waals surface area contributed by atoms with Crippen LogP contribution in [0.15, 0.2) is 36.0 Å². The maximum absolute atomic E-state index is 3.08. The molecule has 0 saturated carbocycles. The third kappa shape index (κ3) is 3.19. The summed E-state index contributed by atoms with van der Waals surface area (Å²) in [6.07, 6.45) is 13.2. The fourth-order valence-electron chi connectivity index (χ4n) is 1.09. The summed E-state index contributed by atoms with van der Waals surface area (Å²) in [5.41, 5.74) is 1.43. The summed E-state index contributed by atoms with van der Waals surface area (Å²) in [4.78, 5) is 0. The van der Waals surface area contributed by atoms with Crippen LogP contribution in [0.3, 0.4) is 0 Å². The lowest BCUT2D eigenvalue weighted by Gasteiger charge is -2.02. The summed E-state index contributed by atoms with van der Waals surface area (Å²) in [6.45, 7) is 0.959. The molecule has 0 atom stereocenters. The highest BCUT2D eigenvalue weighted by Gasteiger charge is 1.92. The molecule has 0 spiro atoms. The highest BCUT2D eigenvalue weighted by molar-refractivity contribution is 5.27. The first-order chi connectivity index (χ1) is 5.43. The molecule has 1 nitrogen and oxygen atoms in total. The Bertz CT molecular complexity index is 187. The summed E-state index contributed by atoms with van der Waals surface area (Å²) < 4.78 is 0. The molecule has 1 aliphatic rings. The molecule has 0 aliphatic heterocycles. The van der Waals surface area contributed by atoms with Gasteiger partial charge in [-0.15, -0.1) is 0 Å². The standard InChI is InChI=1S/C10H15N/c1-11-9-5-8-10-6-3-2-4-7-10/h2-3,5-6,8,11H,4,7,9H2,1H3/b8-5+. The zero-order valence-corrected chi connectivity index (χ0v) is 7.01. The summed E-state index contributed by atoms with van der Waals surface area (Å²) in [6, 6.07) is 0. The van der Waals surface area contributed by atoms with E-state index in [2.05, 4.69) is 35.7 Å². The molecule has 0 bridgehead atoms. The van der Waals surface area contributed by atoms with Crippen molar-refractivity contribution in [2.45, 2.75) is 12.8 Å². The van der Waals surface area contributed by atoms with E-state index >= 15 is 0 Å². The molecule has 0 saturated heterocycles. The fraction of sp³-hybridized carbons (Fsp3) is 0.400. The maximum atomic E-state index is 3.08. The van der Waals surface area contributed by atoms with Crippen molar-refractivity contribution >= 4 is 0 Å². The lowest BCUT2D eigenvalue weighted by Crippen LogP contribution is -2.03. The second kappa shape index (κ2) is 4.91. The molecular formula is C10H15N. The van der Waals surface area contributed by atoms with Crippen molar-refractivity contribution in [2.75, 3.05) is 13.6 Å². The van der Waals surface area contributed by atoms with Crippen molar-refractivity contribution in [2.24, 2.45) is 0 Å². The zero-order chi connectivity index (χ0) is 7.94. The smallest absolute Gasteiger partial charge is 0.0135 e. The molecule has 0 heterocycles. The average molecular weight is 149 g/mol. The topological polar surface area (TPSA) is 12.0 Å². The minimum Gasteiger partial charge on any atom is -0.316 e. The Labute approximate surface area is 68.5 Å². The Kier molecular flexibility index (Phi) is 3.70. The van der Waals surface area contributed by atoms with E-state index in [9.17, 15) is 0 Å². The second-order valence-corrected chi connectivity index (χ2v) is 2.67. The van der Waals surface area contributed by atoms with E-state index in [1.54, 1.807) is 0 Å². The van der Waals surface area contributed by atoms with E-state index in [0.717, 1.165) is 6.54 Å². The molecule has 1 aliphatic carbocycles. The predicted octanol–water partition coefficient (Wildman–Crippen LogP) is 2.04. The Morgan fingerprint density at radius 1 is 1.64 bits per heavy atom. The van der Waals surface area contributed by atoms with Crippen molar-refractivity contribution in [3.8, 4) is 0 Å². The highest BCUT2D eigenvalue weighted by atomic mass is 14.8. The summed E-state index contributed by atoms with van der Waals surface area (Å²) in [7, 11) is 1.96. The predicted molar refractivity (Wildman–Crippen MR) is 49.5 cm³/mol. The van der Waals surface area contributed by atoms with Gasteiger partial charge in [-0.1, -0.05) is 30.4 Å². The quantitative estimate of drug-likeness (QED) is 0.647. The molecule has 0 radical (unpaired) electrons. The van der Waals surface area contributed by atoms with Gasteiger partial charge in [0.2, 0.25) is 0 Å². The first-order valence-electron chi connectivity index (χ1n) is 4.10. The first kappa shape index (κ1) is 8.28. The molecule has 0 fully saturated rings. The van der Waals surface area contributed by atoms with Gasteiger partial charge in [0, 0.05) is 6.54 Å². The Balaban J connectivity index is 2.35. The molecule has 0 aromatic carbocycles. The van der Waals surface area contributed by atoms with Crippen molar-refractivity contribution in [1.82, 2.24) is 5.32 Å². The molecule has 11 heavy (non-hydrogen) atoms. The molecule has 1 N–H and O–H groups in total. The molecule has 0 unspecified atom stereocenters. The Morgan fingerprint density at radius 2 is 2.55 bits per heavy atom. The van der Waals surface area contributed by atoms with E-state index in [0.29, 0.717) is 0 Å². The largest absolute Gasteiger partial charge is 0.316 e. The number of hydrogen-bond donors (Lipinski definition) is 1. The van der Waals surface area contributed by atoms with E-state index in [1.807, 2.05) is 7.05 Å². The molecule has 0 amide bonds. The van der Waals surface area contributed by atoms with Crippen LogP contribution >= 0.6 is 0 Å². The third-order valence-corrected chi connectivity index (χ3v) is 1.70.